The Hall–Kier alpha value is -12.5. The maximum Gasteiger partial charge on any atom is 0.200 e. The van der Waals surface area contributed by atoms with E-state index in [9.17, 15) is 10.5 Å². The van der Waals surface area contributed by atoms with Gasteiger partial charge in [-0.2, -0.15) is 10.5 Å². The summed E-state index contributed by atoms with van der Waals surface area (Å²) in [6.45, 7) is 25.4. The fourth-order valence-corrected chi connectivity index (χ4v) is 11.8. The number of para-hydroxylation sites is 2. The Morgan fingerprint density at radius 3 is 1.05 bits per heavy atom. The van der Waals surface area contributed by atoms with Crippen LogP contribution in [0, 0.1) is 42.4 Å². The molecule has 0 spiro atoms. The molecule has 11 aromatic carbocycles. The number of nitriles is 2. The van der Waals surface area contributed by atoms with Gasteiger partial charge < -0.3 is 9.13 Å². The van der Waals surface area contributed by atoms with Gasteiger partial charge in [-0.1, -0.05) is 170 Å². The van der Waals surface area contributed by atoms with E-state index in [4.69, 9.17) is 29.7 Å². The van der Waals surface area contributed by atoms with Gasteiger partial charge in [0.15, 0.2) is 17.1 Å². The number of nitrogens with zero attached hydrogens (tertiary/aromatic N) is 9. The molecule has 3 heterocycles. The first-order valence-electron chi connectivity index (χ1n) is 27.1. The SMILES string of the molecule is [C-]#[N+]c1ccccc1-c1ccc2c(c1)c1cc(-c3ccccc3C#N)ccc1n2-c1cc([N+]#[C-])c(-c2nc(-c3ccccc3)cc(-c3ccccc3)n2)cc1-n1c2ccc(-c3ccccc3C#N)cc2c2cc(-c3ccccc3[N+]#[C-])ccc21. The minimum Gasteiger partial charge on any atom is -0.308 e. The number of fused-ring (bicyclic) bond motifs is 6. The molecular weight excluding hydrogens is 1030 g/mol. The molecule has 14 rings (SSSR count). The van der Waals surface area contributed by atoms with Gasteiger partial charge in [-0.3, -0.25) is 0 Å². The predicted molar refractivity (Wildman–Crippen MR) is 337 cm³/mol. The lowest BCUT2D eigenvalue weighted by molar-refractivity contribution is 1.09. The van der Waals surface area contributed by atoms with Crippen molar-refractivity contribution in [1.29, 1.82) is 10.5 Å². The first-order chi connectivity index (χ1) is 41.4. The van der Waals surface area contributed by atoms with Crippen molar-refractivity contribution in [3.63, 3.8) is 0 Å². The third-order valence-corrected chi connectivity index (χ3v) is 15.7. The molecule has 0 saturated heterocycles. The number of hydrogen-bond donors (Lipinski definition) is 0. The van der Waals surface area contributed by atoms with E-state index in [1.807, 2.05) is 176 Å². The van der Waals surface area contributed by atoms with Crippen LogP contribution in [0.5, 0.6) is 0 Å². The third-order valence-electron chi connectivity index (χ3n) is 15.7. The second kappa shape index (κ2) is 20.7. The fourth-order valence-electron chi connectivity index (χ4n) is 11.8. The average Bonchev–Trinajstić information content (AvgIpc) is 2.35. The summed E-state index contributed by atoms with van der Waals surface area (Å²) in [5.74, 6) is 0.370. The van der Waals surface area contributed by atoms with Crippen molar-refractivity contribution >= 4 is 60.7 Å². The maximum absolute atomic E-state index is 10.4. The van der Waals surface area contributed by atoms with Crippen molar-refractivity contribution in [2.45, 2.75) is 0 Å². The number of benzene rings is 11. The Balaban J connectivity index is 1.13. The van der Waals surface area contributed by atoms with E-state index in [-0.39, 0.29) is 0 Å². The Morgan fingerprint density at radius 1 is 0.310 bits per heavy atom. The Kier molecular flexibility index (Phi) is 12.2. The lowest BCUT2D eigenvalue weighted by atomic mass is 9.97. The van der Waals surface area contributed by atoms with Gasteiger partial charge in [0.2, 0.25) is 0 Å². The molecule has 0 unspecified atom stereocenters. The highest BCUT2D eigenvalue weighted by atomic mass is 15.1. The van der Waals surface area contributed by atoms with Gasteiger partial charge in [-0.25, -0.2) is 24.5 Å². The van der Waals surface area contributed by atoms with Crippen LogP contribution in [0.4, 0.5) is 17.1 Å². The molecule has 0 bridgehead atoms. The second-order valence-electron chi connectivity index (χ2n) is 20.3. The molecule has 84 heavy (non-hydrogen) atoms. The Morgan fingerprint density at radius 2 is 0.655 bits per heavy atom. The van der Waals surface area contributed by atoms with E-state index in [2.05, 4.69) is 109 Å². The molecule has 14 aromatic rings. The topological polar surface area (TPSA) is 96.3 Å². The first-order valence-corrected chi connectivity index (χ1v) is 27.1. The molecule has 9 nitrogen and oxygen atoms in total. The fraction of sp³-hybridized carbons (Fsp3) is 0. The molecule has 386 valence electrons. The van der Waals surface area contributed by atoms with Crippen LogP contribution in [-0.2, 0) is 0 Å². The summed E-state index contributed by atoms with van der Waals surface area (Å²) < 4.78 is 4.46. The summed E-state index contributed by atoms with van der Waals surface area (Å²) in [5, 5.41) is 24.3. The maximum atomic E-state index is 10.4. The smallest absolute Gasteiger partial charge is 0.200 e. The van der Waals surface area contributed by atoms with Crippen LogP contribution in [0.2, 0.25) is 0 Å². The summed E-state index contributed by atoms with van der Waals surface area (Å²) in [5.41, 5.74) is 17.6. The van der Waals surface area contributed by atoms with Gasteiger partial charge in [-0.05, 0) is 123 Å². The zero-order valence-corrected chi connectivity index (χ0v) is 44.7. The van der Waals surface area contributed by atoms with Gasteiger partial charge in [0.25, 0.3) is 0 Å². The Labute approximate surface area is 483 Å². The standard InChI is InChI=1S/C75H41N9/c1-78-64-28-16-14-26-57(64)51-32-36-70-61(40-51)59-38-49(55-24-12-10-22-53(55)45-76)30-34-69(59)83(70)73-42-63(75-81-66(47-18-6-4-7-19-47)43-67(82-75)48-20-8-5-9-21-48)68(80-3)44-74(73)84-71-35-31-50(56-25-13-11-23-54(56)46-77)39-60(71)62-41-52(33-37-72(62)84)58-27-15-17-29-65(58)79-2/h4-44H. The van der Waals surface area contributed by atoms with E-state index in [0.29, 0.717) is 62.3 Å². The molecule has 0 saturated carbocycles. The molecule has 0 aliphatic rings. The lowest BCUT2D eigenvalue weighted by Gasteiger charge is -2.20. The van der Waals surface area contributed by atoms with E-state index < -0.39 is 0 Å². The second-order valence-corrected chi connectivity index (χ2v) is 20.3. The molecule has 3 aromatic heterocycles. The van der Waals surface area contributed by atoms with Gasteiger partial charge in [0, 0.05) is 38.2 Å². The molecule has 0 radical (unpaired) electrons. The molecule has 0 aliphatic carbocycles. The van der Waals surface area contributed by atoms with Crippen LogP contribution < -0.4 is 0 Å². The van der Waals surface area contributed by atoms with Crippen LogP contribution >= 0.6 is 0 Å². The molecule has 0 aliphatic heterocycles. The molecular formula is C75H41N9. The van der Waals surface area contributed by atoms with Gasteiger partial charge in [-0.15, -0.1) is 0 Å². The van der Waals surface area contributed by atoms with Crippen LogP contribution in [0.15, 0.2) is 249 Å². The highest BCUT2D eigenvalue weighted by molar-refractivity contribution is 6.15. The van der Waals surface area contributed by atoms with E-state index in [1.54, 1.807) is 0 Å². The van der Waals surface area contributed by atoms with E-state index >= 15 is 0 Å². The molecule has 0 fully saturated rings. The van der Waals surface area contributed by atoms with E-state index in [1.165, 1.54) is 0 Å². The number of hydrogen-bond acceptors (Lipinski definition) is 4. The summed E-state index contributed by atoms with van der Waals surface area (Å²) >= 11 is 0. The van der Waals surface area contributed by atoms with Crippen molar-refractivity contribution < 1.29 is 0 Å². The first kappa shape index (κ1) is 49.8. The third kappa shape index (κ3) is 8.37. The molecule has 0 N–H and O–H groups in total. The molecule has 9 heteroatoms. The summed E-state index contributed by atoms with van der Waals surface area (Å²) in [6, 6.07) is 86.4. The minimum atomic E-state index is 0.323. The van der Waals surface area contributed by atoms with Crippen molar-refractivity contribution in [3.8, 4) is 102 Å². The zero-order chi connectivity index (χ0) is 56.8. The summed E-state index contributed by atoms with van der Waals surface area (Å²) in [4.78, 5) is 22.8. The lowest BCUT2D eigenvalue weighted by Crippen LogP contribution is -2.05. The van der Waals surface area contributed by atoms with Crippen LogP contribution in [-0.4, -0.2) is 19.1 Å². The largest absolute Gasteiger partial charge is 0.308 e. The zero-order valence-electron chi connectivity index (χ0n) is 44.7. The highest BCUT2D eigenvalue weighted by Gasteiger charge is 2.26. The van der Waals surface area contributed by atoms with Gasteiger partial charge in [0.05, 0.1) is 87.8 Å². The van der Waals surface area contributed by atoms with Gasteiger partial charge in [0.1, 0.15) is 5.82 Å². The number of rotatable bonds is 9. The Bertz CT molecular complexity index is 4980. The molecule has 0 amide bonds. The quantitative estimate of drug-likeness (QED) is 0.135. The van der Waals surface area contributed by atoms with Crippen molar-refractivity contribution in [3.05, 3.63) is 294 Å². The number of aromatic nitrogens is 4. The van der Waals surface area contributed by atoms with Crippen LogP contribution in [0.25, 0.3) is 148 Å². The summed E-state index contributed by atoms with van der Waals surface area (Å²) in [7, 11) is 0. The van der Waals surface area contributed by atoms with Crippen LogP contribution in [0.3, 0.4) is 0 Å². The minimum absolute atomic E-state index is 0.323. The summed E-state index contributed by atoms with van der Waals surface area (Å²) in [6.07, 6.45) is 0. The van der Waals surface area contributed by atoms with Crippen molar-refractivity contribution in [2.75, 3.05) is 0 Å². The average molecular weight is 1070 g/mol. The molecule has 0 atom stereocenters. The van der Waals surface area contributed by atoms with Crippen molar-refractivity contribution in [1.82, 2.24) is 19.1 Å². The highest BCUT2D eigenvalue weighted by Crippen LogP contribution is 2.47. The van der Waals surface area contributed by atoms with Crippen LogP contribution in [0.1, 0.15) is 11.1 Å². The normalized spacial score (nSPS) is 11.0. The van der Waals surface area contributed by atoms with E-state index in [0.717, 1.165) is 99.2 Å². The van der Waals surface area contributed by atoms with Crippen molar-refractivity contribution in [2.24, 2.45) is 0 Å². The van der Waals surface area contributed by atoms with Gasteiger partial charge >= 0.3 is 0 Å². The predicted octanol–water partition coefficient (Wildman–Crippen LogP) is 19.7. The monoisotopic (exact) mass is 1070 g/mol.